The Hall–Kier alpha value is -2.58. The molecule has 2 atom stereocenters. The van der Waals surface area contributed by atoms with Crippen LogP contribution in [-0.2, 0) is 23.9 Å². The Morgan fingerprint density at radius 2 is 1.57 bits per heavy atom. The van der Waals surface area contributed by atoms with E-state index in [1.165, 1.54) is 13.1 Å². The third-order valence-electron chi connectivity index (χ3n) is 3.40. The van der Waals surface area contributed by atoms with Crippen molar-refractivity contribution < 1.29 is 28.7 Å². The number of esters is 1. The second kappa shape index (κ2) is 10.7. The molecule has 1 unspecified atom stereocenters. The number of alkyl carbamates (subject to hydrolysis) is 1. The normalized spacial score (nSPS) is 13.5. The van der Waals surface area contributed by atoms with Crippen molar-refractivity contribution in [2.45, 2.75) is 65.6 Å². The molecule has 0 aliphatic rings. The van der Waals surface area contributed by atoms with Crippen molar-refractivity contribution >= 4 is 23.9 Å². The Kier molecular flexibility index (Phi) is 9.69. The van der Waals surface area contributed by atoms with Crippen LogP contribution in [0.2, 0.25) is 0 Å². The average molecular weight is 399 g/mol. The molecule has 0 aromatic heterocycles. The van der Waals surface area contributed by atoms with Gasteiger partial charge in [0.15, 0.2) is 0 Å². The third-order valence-corrected chi connectivity index (χ3v) is 3.40. The molecular formula is C19H33N3O6. The Balaban J connectivity index is 5.41. The molecule has 3 amide bonds. The second-order valence-electron chi connectivity index (χ2n) is 8.30. The molecule has 160 valence electrons. The maximum atomic E-state index is 12.7. The molecule has 0 aromatic carbocycles. The van der Waals surface area contributed by atoms with E-state index in [1.54, 1.807) is 41.5 Å². The van der Waals surface area contributed by atoms with Crippen molar-refractivity contribution in [2.24, 2.45) is 5.41 Å². The maximum absolute atomic E-state index is 12.7. The molecule has 0 saturated carbocycles. The topological polar surface area (TPSA) is 123 Å². The van der Waals surface area contributed by atoms with E-state index in [9.17, 15) is 19.2 Å². The van der Waals surface area contributed by atoms with Gasteiger partial charge in [0, 0.05) is 7.05 Å². The summed E-state index contributed by atoms with van der Waals surface area (Å²) in [6.45, 7) is 13.8. The van der Waals surface area contributed by atoms with Crippen LogP contribution in [0.15, 0.2) is 12.7 Å². The van der Waals surface area contributed by atoms with Gasteiger partial charge in [0.05, 0.1) is 6.42 Å². The standard InChI is InChI=1S/C19H33N3O6/c1-9-10-27-13(23)11-12(21-17(26)28-19(5,6)7)15(24)22-14(16(25)20-8)18(2,3)4/h9,12,14H,1,10-11H2,2-8H3,(H,20,25)(H,21,26)(H,22,24)/t12?,14-/m1/s1. The predicted molar refractivity (Wildman–Crippen MR) is 104 cm³/mol. The molecule has 0 aliphatic carbocycles. The zero-order chi connectivity index (χ0) is 22.1. The fourth-order valence-electron chi connectivity index (χ4n) is 2.10. The van der Waals surface area contributed by atoms with Crippen LogP contribution in [0, 0.1) is 5.41 Å². The van der Waals surface area contributed by atoms with E-state index in [1.807, 2.05) is 0 Å². The lowest BCUT2D eigenvalue weighted by Crippen LogP contribution is -2.58. The monoisotopic (exact) mass is 399 g/mol. The quantitative estimate of drug-likeness (QED) is 0.417. The SMILES string of the molecule is C=CCOC(=O)CC(NC(=O)OC(C)(C)C)C(=O)N[C@H](C(=O)NC)C(C)(C)C. The molecule has 0 bridgehead atoms. The Labute approximate surface area is 166 Å². The number of ether oxygens (including phenoxy) is 2. The van der Waals surface area contributed by atoms with Gasteiger partial charge in [-0.2, -0.15) is 0 Å². The highest BCUT2D eigenvalue weighted by Gasteiger charge is 2.35. The van der Waals surface area contributed by atoms with E-state index in [2.05, 4.69) is 22.5 Å². The van der Waals surface area contributed by atoms with Gasteiger partial charge < -0.3 is 25.4 Å². The van der Waals surface area contributed by atoms with Gasteiger partial charge in [-0.05, 0) is 26.2 Å². The summed E-state index contributed by atoms with van der Waals surface area (Å²) >= 11 is 0. The van der Waals surface area contributed by atoms with Crippen LogP contribution < -0.4 is 16.0 Å². The molecule has 0 aromatic rings. The molecule has 0 heterocycles. The minimum atomic E-state index is -1.28. The van der Waals surface area contributed by atoms with E-state index in [-0.39, 0.29) is 6.61 Å². The summed E-state index contributed by atoms with van der Waals surface area (Å²) in [4.78, 5) is 48.9. The number of nitrogens with one attached hydrogen (secondary N) is 3. The van der Waals surface area contributed by atoms with Crippen LogP contribution in [-0.4, -0.2) is 55.2 Å². The number of amides is 3. The van der Waals surface area contributed by atoms with Gasteiger partial charge in [0.25, 0.3) is 0 Å². The van der Waals surface area contributed by atoms with Crippen LogP contribution in [0.3, 0.4) is 0 Å². The van der Waals surface area contributed by atoms with Gasteiger partial charge in [-0.3, -0.25) is 14.4 Å². The fourth-order valence-corrected chi connectivity index (χ4v) is 2.10. The average Bonchev–Trinajstić information content (AvgIpc) is 2.53. The molecule has 9 heteroatoms. The summed E-state index contributed by atoms with van der Waals surface area (Å²) in [5, 5.41) is 7.44. The molecule has 0 rings (SSSR count). The van der Waals surface area contributed by atoms with Gasteiger partial charge in [-0.1, -0.05) is 33.4 Å². The molecule has 0 fully saturated rings. The number of carbonyl (C=O) groups excluding carboxylic acids is 4. The van der Waals surface area contributed by atoms with Gasteiger partial charge in [-0.25, -0.2) is 4.79 Å². The fraction of sp³-hybridized carbons (Fsp3) is 0.684. The summed E-state index contributed by atoms with van der Waals surface area (Å²) in [6, 6.07) is -2.15. The Bertz CT molecular complexity index is 589. The molecular weight excluding hydrogens is 366 g/mol. The largest absolute Gasteiger partial charge is 0.461 e. The summed E-state index contributed by atoms with van der Waals surface area (Å²) in [7, 11) is 1.45. The molecule has 9 nitrogen and oxygen atoms in total. The number of rotatable bonds is 8. The van der Waals surface area contributed by atoms with E-state index in [4.69, 9.17) is 9.47 Å². The molecule has 3 N–H and O–H groups in total. The van der Waals surface area contributed by atoms with Crippen LogP contribution in [0.5, 0.6) is 0 Å². The van der Waals surface area contributed by atoms with E-state index in [0.29, 0.717) is 0 Å². The van der Waals surface area contributed by atoms with Gasteiger partial charge in [0.1, 0.15) is 24.3 Å². The Morgan fingerprint density at radius 1 is 1.00 bits per heavy atom. The van der Waals surface area contributed by atoms with Crippen LogP contribution in [0.1, 0.15) is 48.0 Å². The molecule has 0 saturated heterocycles. The maximum Gasteiger partial charge on any atom is 0.408 e. The summed E-state index contributed by atoms with van der Waals surface area (Å²) in [5.41, 5.74) is -1.39. The highest BCUT2D eigenvalue weighted by atomic mass is 16.6. The molecule has 0 spiro atoms. The first kappa shape index (κ1) is 25.4. The molecule has 0 radical (unpaired) electrons. The van der Waals surface area contributed by atoms with Gasteiger partial charge >= 0.3 is 12.1 Å². The lowest BCUT2D eigenvalue weighted by Gasteiger charge is -2.31. The summed E-state index contributed by atoms with van der Waals surface area (Å²) in [5.74, 6) is -1.81. The first-order chi connectivity index (χ1) is 12.7. The number of hydrogen-bond acceptors (Lipinski definition) is 6. The summed E-state index contributed by atoms with van der Waals surface area (Å²) in [6.07, 6.45) is 0.0929. The molecule has 0 aliphatic heterocycles. The smallest absolute Gasteiger partial charge is 0.408 e. The zero-order valence-electron chi connectivity index (χ0n) is 17.8. The van der Waals surface area contributed by atoms with E-state index >= 15 is 0 Å². The van der Waals surface area contributed by atoms with Crippen molar-refractivity contribution in [1.82, 2.24) is 16.0 Å². The molecule has 28 heavy (non-hydrogen) atoms. The number of hydrogen-bond donors (Lipinski definition) is 3. The predicted octanol–water partition coefficient (Wildman–Crippen LogP) is 1.28. The first-order valence-electron chi connectivity index (χ1n) is 8.99. The van der Waals surface area contributed by atoms with E-state index in [0.717, 1.165) is 0 Å². The first-order valence-corrected chi connectivity index (χ1v) is 8.99. The van der Waals surface area contributed by atoms with Crippen LogP contribution in [0.4, 0.5) is 4.79 Å². The zero-order valence-corrected chi connectivity index (χ0v) is 17.8. The van der Waals surface area contributed by atoms with Crippen LogP contribution in [0.25, 0.3) is 0 Å². The van der Waals surface area contributed by atoms with Crippen molar-refractivity contribution in [3.05, 3.63) is 12.7 Å². The minimum Gasteiger partial charge on any atom is -0.461 e. The van der Waals surface area contributed by atoms with Crippen molar-refractivity contribution in [2.75, 3.05) is 13.7 Å². The van der Waals surface area contributed by atoms with Crippen LogP contribution >= 0.6 is 0 Å². The minimum absolute atomic E-state index is 0.0253. The summed E-state index contributed by atoms with van der Waals surface area (Å²) < 4.78 is 10.0. The number of likely N-dealkylation sites (N-methyl/N-ethyl adjacent to an activating group) is 1. The van der Waals surface area contributed by atoms with Gasteiger partial charge in [-0.15, -0.1) is 0 Å². The van der Waals surface area contributed by atoms with Crippen molar-refractivity contribution in [3.8, 4) is 0 Å². The van der Waals surface area contributed by atoms with E-state index < -0.39 is 53.4 Å². The highest BCUT2D eigenvalue weighted by molar-refractivity contribution is 5.93. The number of carbonyl (C=O) groups is 4. The van der Waals surface area contributed by atoms with Crippen molar-refractivity contribution in [3.63, 3.8) is 0 Å². The second-order valence-corrected chi connectivity index (χ2v) is 8.30. The lowest BCUT2D eigenvalue weighted by molar-refractivity contribution is -0.145. The lowest BCUT2D eigenvalue weighted by atomic mass is 9.86. The third kappa shape index (κ3) is 9.94. The highest BCUT2D eigenvalue weighted by Crippen LogP contribution is 2.19. The van der Waals surface area contributed by atoms with Crippen molar-refractivity contribution in [1.29, 1.82) is 0 Å². The van der Waals surface area contributed by atoms with Gasteiger partial charge in [0.2, 0.25) is 11.8 Å². The Morgan fingerprint density at radius 3 is 2.00 bits per heavy atom.